The van der Waals surface area contributed by atoms with Gasteiger partial charge in [-0.3, -0.25) is 0 Å². The molecule has 0 heterocycles. The van der Waals surface area contributed by atoms with Gasteiger partial charge in [-0.05, 0) is 13.0 Å². The zero-order chi connectivity index (χ0) is 17.1. The van der Waals surface area contributed by atoms with Crippen LogP contribution in [0.3, 0.4) is 0 Å². The summed E-state index contributed by atoms with van der Waals surface area (Å²) in [6, 6.07) is 7.66. The summed E-state index contributed by atoms with van der Waals surface area (Å²) in [7, 11) is -2.99. The average Bonchev–Trinajstić information content (AvgIpc) is 2.50. The number of ether oxygens (including phenoxy) is 1. The molecule has 1 aromatic rings. The van der Waals surface area contributed by atoms with Gasteiger partial charge in [0.25, 0.3) is 0 Å². The van der Waals surface area contributed by atoms with Crippen molar-refractivity contribution in [1.82, 2.24) is 10.6 Å². The smallest absolute Gasteiger partial charge is 0.191 e. The summed E-state index contributed by atoms with van der Waals surface area (Å²) < 4.78 is 27.9. The van der Waals surface area contributed by atoms with Gasteiger partial charge in [0.15, 0.2) is 5.96 Å². The van der Waals surface area contributed by atoms with Gasteiger partial charge < -0.3 is 15.4 Å². The maximum absolute atomic E-state index is 11.2. The molecule has 136 valence electrons. The molecule has 8 heteroatoms. The highest BCUT2D eigenvalue weighted by Gasteiger charge is 2.05. The predicted octanol–water partition coefficient (Wildman–Crippen LogP) is 1.97. The van der Waals surface area contributed by atoms with Crippen molar-refractivity contribution in [2.24, 2.45) is 4.99 Å². The Hall–Kier alpha value is -1.29. The molecule has 0 fully saturated rings. The zero-order valence-electron chi connectivity index (χ0n) is 14.1. The molecule has 0 aromatic heterocycles. The lowest BCUT2D eigenvalue weighted by Crippen LogP contribution is -2.39. The Balaban J connectivity index is 0.00000529. The Morgan fingerprint density at radius 2 is 2.04 bits per heavy atom. The maximum atomic E-state index is 11.2. The Morgan fingerprint density at radius 1 is 1.33 bits per heavy atom. The molecule has 0 aliphatic carbocycles. The van der Waals surface area contributed by atoms with Gasteiger partial charge in [0.2, 0.25) is 0 Å². The number of halogens is 1. The summed E-state index contributed by atoms with van der Waals surface area (Å²) in [4.78, 5) is 4.47. The van der Waals surface area contributed by atoms with E-state index in [1.807, 2.05) is 31.2 Å². The van der Waals surface area contributed by atoms with E-state index < -0.39 is 9.84 Å². The first kappa shape index (κ1) is 22.7. The summed E-state index contributed by atoms with van der Waals surface area (Å²) in [6.45, 7) is 7.47. The van der Waals surface area contributed by atoms with E-state index in [1.165, 1.54) is 6.26 Å². The fraction of sp³-hybridized carbons (Fsp3) is 0.438. The van der Waals surface area contributed by atoms with Crippen LogP contribution >= 0.6 is 24.0 Å². The lowest BCUT2D eigenvalue weighted by atomic mass is 10.2. The number of nitrogens with zero attached hydrogens (tertiary/aromatic N) is 1. The molecule has 0 radical (unpaired) electrons. The lowest BCUT2D eigenvalue weighted by Gasteiger charge is -2.12. The number of aliphatic imine (C=N–C) groups is 1. The third-order valence-electron chi connectivity index (χ3n) is 2.85. The Morgan fingerprint density at radius 3 is 2.67 bits per heavy atom. The van der Waals surface area contributed by atoms with Gasteiger partial charge in [0.05, 0.1) is 12.3 Å². The van der Waals surface area contributed by atoms with Crippen LogP contribution in [-0.4, -0.2) is 46.1 Å². The van der Waals surface area contributed by atoms with Crippen molar-refractivity contribution < 1.29 is 13.2 Å². The standard InChI is InChI=1S/C16H25N3O3S.HI/c1-4-11-22-15-9-7-6-8-14(15)13-19-16(17-5-2)18-10-12-23(3,20)21;/h4,6-9H,1,5,10-13H2,2-3H3,(H2,17,18,19);1H. The Labute approximate surface area is 161 Å². The first-order valence-electron chi connectivity index (χ1n) is 7.47. The van der Waals surface area contributed by atoms with Gasteiger partial charge in [-0.1, -0.05) is 30.9 Å². The van der Waals surface area contributed by atoms with Crippen LogP contribution in [0.15, 0.2) is 41.9 Å². The lowest BCUT2D eigenvalue weighted by molar-refractivity contribution is 0.359. The second kappa shape index (κ2) is 12.1. The number of nitrogens with one attached hydrogen (secondary N) is 2. The van der Waals surface area contributed by atoms with Gasteiger partial charge in [-0.25, -0.2) is 13.4 Å². The largest absolute Gasteiger partial charge is 0.489 e. The van der Waals surface area contributed by atoms with Crippen molar-refractivity contribution in [1.29, 1.82) is 0 Å². The molecule has 0 saturated carbocycles. The first-order valence-corrected chi connectivity index (χ1v) is 9.54. The summed E-state index contributed by atoms with van der Waals surface area (Å²) in [5.74, 6) is 1.41. The molecule has 1 rings (SSSR count). The number of rotatable bonds is 9. The van der Waals surface area contributed by atoms with E-state index in [2.05, 4.69) is 22.2 Å². The predicted molar refractivity (Wildman–Crippen MR) is 110 cm³/mol. The number of guanidine groups is 1. The second-order valence-electron chi connectivity index (χ2n) is 4.96. The minimum absolute atomic E-state index is 0. The van der Waals surface area contributed by atoms with E-state index >= 15 is 0 Å². The summed E-state index contributed by atoms with van der Waals surface area (Å²) in [5, 5.41) is 6.10. The highest BCUT2D eigenvalue weighted by Crippen LogP contribution is 2.18. The minimum atomic E-state index is -2.99. The second-order valence-corrected chi connectivity index (χ2v) is 7.22. The minimum Gasteiger partial charge on any atom is -0.489 e. The maximum Gasteiger partial charge on any atom is 0.191 e. The van der Waals surface area contributed by atoms with Gasteiger partial charge in [0.1, 0.15) is 22.2 Å². The van der Waals surface area contributed by atoms with Gasteiger partial charge in [-0.15, -0.1) is 24.0 Å². The summed E-state index contributed by atoms with van der Waals surface area (Å²) in [5.41, 5.74) is 0.953. The van der Waals surface area contributed by atoms with E-state index in [0.29, 0.717) is 32.2 Å². The molecule has 6 nitrogen and oxygen atoms in total. The van der Waals surface area contributed by atoms with Crippen molar-refractivity contribution in [3.05, 3.63) is 42.5 Å². The van der Waals surface area contributed by atoms with E-state index in [4.69, 9.17) is 4.74 Å². The zero-order valence-corrected chi connectivity index (χ0v) is 17.3. The molecule has 0 spiro atoms. The normalized spacial score (nSPS) is 11.3. The monoisotopic (exact) mass is 467 g/mol. The molecule has 0 atom stereocenters. The SMILES string of the molecule is C=CCOc1ccccc1CN=C(NCC)NCCS(C)(=O)=O.I. The quantitative estimate of drug-likeness (QED) is 0.251. The molecule has 1 aromatic carbocycles. The van der Waals surface area contributed by atoms with E-state index in [-0.39, 0.29) is 29.7 Å². The van der Waals surface area contributed by atoms with Crippen LogP contribution in [0.4, 0.5) is 0 Å². The molecule has 0 saturated heterocycles. The number of hydrogen-bond acceptors (Lipinski definition) is 4. The van der Waals surface area contributed by atoms with E-state index in [0.717, 1.165) is 11.3 Å². The third kappa shape index (κ3) is 9.76. The number of para-hydroxylation sites is 1. The molecular formula is C16H26IN3O3S. The fourth-order valence-electron chi connectivity index (χ4n) is 1.78. The molecule has 2 N–H and O–H groups in total. The Kier molecular flexibility index (Phi) is 11.5. The molecule has 0 bridgehead atoms. The number of benzene rings is 1. The molecule has 0 unspecified atom stereocenters. The van der Waals surface area contributed by atoms with E-state index in [9.17, 15) is 8.42 Å². The van der Waals surface area contributed by atoms with Crippen molar-refractivity contribution in [3.63, 3.8) is 0 Å². The molecular weight excluding hydrogens is 441 g/mol. The highest BCUT2D eigenvalue weighted by atomic mass is 127. The topological polar surface area (TPSA) is 79.8 Å². The van der Waals surface area contributed by atoms with Crippen LogP contribution in [0.1, 0.15) is 12.5 Å². The van der Waals surface area contributed by atoms with Crippen LogP contribution in [0.5, 0.6) is 5.75 Å². The average molecular weight is 467 g/mol. The summed E-state index contributed by atoms with van der Waals surface area (Å²) in [6.07, 6.45) is 2.91. The third-order valence-corrected chi connectivity index (χ3v) is 3.79. The molecule has 0 amide bonds. The highest BCUT2D eigenvalue weighted by molar-refractivity contribution is 14.0. The van der Waals surface area contributed by atoms with E-state index in [1.54, 1.807) is 6.08 Å². The fourth-order valence-corrected chi connectivity index (χ4v) is 2.26. The summed E-state index contributed by atoms with van der Waals surface area (Å²) >= 11 is 0. The van der Waals surface area contributed by atoms with Gasteiger partial charge in [-0.2, -0.15) is 0 Å². The Bertz CT molecular complexity index is 633. The van der Waals surface area contributed by atoms with Crippen LogP contribution in [0.25, 0.3) is 0 Å². The number of sulfone groups is 1. The van der Waals surface area contributed by atoms with Crippen LogP contribution in [-0.2, 0) is 16.4 Å². The van der Waals surface area contributed by atoms with Gasteiger partial charge >= 0.3 is 0 Å². The van der Waals surface area contributed by atoms with Crippen molar-refractivity contribution >= 4 is 39.8 Å². The first-order chi connectivity index (χ1) is 11.0. The van der Waals surface area contributed by atoms with Crippen LogP contribution in [0.2, 0.25) is 0 Å². The van der Waals surface area contributed by atoms with Crippen LogP contribution in [0, 0.1) is 0 Å². The van der Waals surface area contributed by atoms with Crippen molar-refractivity contribution in [2.75, 3.05) is 31.7 Å². The number of hydrogen-bond donors (Lipinski definition) is 2. The molecule has 0 aliphatic rings. The molecule has 0 aliphatic heterocycles. The van der Waals surface area contributed by atoms with Crippen molar-refractivity contribution in [2.45, 2.75) is 13.5 Å². The van der Waals surface area contributed by atoms with Gasteiger partial charge in [0, 0.05) is 24.9 Å². The van der Waals surface area contributed by atoms with Crippen LogP contribution < -0.4 is 15.4 Å². The molecule has 24 heavy (non-hydrogen) atoms. The van der Waals surface area contributed by atoms with Crippen molar-refractivity contribution in [3.8, 4) is 5.75 Å².